The minimum atomic E-state index is -0.741. The average Bonchev–Trinajstić information content (AvgIpc) is 3.01. The number of esters is 1. The van der Waals surface area contributed by atoms with Crippen LogP contribution in [0.3, 0.4) is 0 Å². The molecule has 0 radical (unpaired) electrons. The molecule has 0 saturated carbocycles. The first-order chi connectivity index (χ1) is 14.3. The number of carbonyl (C=O) groups is 2. The molecular formula is C24H24FNO4. The number of Topliss-reactive ketones (excluding diaryl/α,β-unsaturated/α-hetero) is 1. The highest BCUT2D eigenvalue weighted by molar-refractivity contribution is 6.01. The molecule has 0 aliphatic carbocycles. The zero-order valence-electron chi connectivity index (χ0n) is 17.2. The SMILES string of the molecule is Cc1cccc(C(=O)OCC(=O)c2cc(C)n(CCc3ccc(F)cc3)c2C)c1O. The van der Waals surface area contributed by atoms with E-state index in [1.165, 1.54) is 18.2 Å². The number of rotatable bonds is 7. The molecule has 0 saturated heterocycles. The fourth-order valence-electron chi connectivity index (χ4n) is 3.43. The first-order valence-electron chi connectivity index (χ1n) is 9.68. The lowest BCUT2D eigenvalue weighted by atomic mass is 10.1. The third kappa shape index (κ3) is 4.59. The van der Waals surface area contributed by atoms with Crippen LogP contribution in [0.5, 0.6) is 5.75 Å². The summed E-state index contributed by atoms with van der Waals surface area (Å²) in [5.74, 6) is -1.46. The zero-order chi connectivity index (χ0) is 21.8. The van der Waals surface area contributed by atoms with Crippen molar-refractivity contribution in [3.63, 3.8) is 0 Å². The molecule has 1 heterocycles. The molecule has 30 heavy (non-hydrogen) atoms. The third-order valence-electron chi connectivity index (χ3n) is 5.20. The van der Waals surface area contributed by atoms with Gasteiger partial charge in [0.1, 0.15) is 17.1 Å². The van der Waals surface area contributed by atoms with Crippen LogP contribution in [0, 0.1) is 26.6 Å². The summed E-state index contributed by atoms with van der Waals surface area (Å²) < 4.78 is 20.2. The second-order valence-corrected chi connectivity index (χ2v) is 7.28. The summed E-state index contributed by atoms with van der Waals surface area (Å²) in [4.78, 5) is 24.9. The molecule has 0 unspecified atom stereocenters. The molecule has 1 aromatic heterocycles. The highest BCUT2D eigenvalue weighted by Crippen LogP contribution is 2.22. The van der Waals surface area contributed by atoms with Gasteiger partial charge in [0.2, 0.25) is 5.78 Å². The van der Waals surface area contributed by atoms with E-state index in [9.17, 15) is 19.1 Å². The lowest BCUT2D eigenvalue weighted by molar-refractivity contribution is 0.0471. The number of aromatic nitrogens is 1. The summed E-state index contributed by atoms with van der Waals surface area (Å²) >= 11 is 0. The van der Waals surface area contributed by atoms with Gasteiger partial charge in [0.25, 0.3) is 0 Å². The van der Waals surface area contributed by atoms with Crippen LogP contribution >= 0.6 is 0 Å². The van der Waals surface area contributed by atoms with Crippen molar-refractivity contribution < 1.29 is 23.8 Å². The Morgan fingerprint density at radius 2 is 1.73 bits per heavy atom. The fourth-order valence-corrected chi connectivity index (χ4v) is 3.43. The number of ether oxygens (including phenoxy) is 1. The minimum absolute atomic E-state index is 0.0348. The number of phenolic OH excluding ortho intramolecular Hbond substituents is 1. The molecule has 6 heteroatoms. The second kappa shape index (κ2) is 8.95. The molecule has 1 N–H and O–H groups in total. The van der Waals surface area contributed by atoms with E-state index in [0.717, 1.165) is 17.0 Å². The van der Waals surface area contributed by atoms with E-state index in [-0.39, 0.29) is 22.9 Å². The van der Waals surface area contributed by atoms with Crippen molar-refractivity contribution in [1.29, 1.82) is 0 Å². The van der Waals surface area contributed by atoms with E-state index in [2.05, 4.69) is 0 Å². The first kappa shape index (κ1) is 21.3. The molecule has 0 bridgehead atoms. The van der Waals surface area contributed by atoms with E-state index in [1.54, 1.807) is 37.3 Å². The van der Waals surface area contributed by atoms with Crippen molar-refractivity contribution in [2.75, 3.05) is 6.61 Å². The fraction of sp³-hybridized carbons (Fsp3) is 0.250. The number of hydrogen-bond acceptors (Lipinski definition) is 4. The van der Waals surface area contributed by atoms with Gasteiger partial charge in [-0.05, 0) is 62.6 Å². The number of aromatic hydroxyl groups is 1. The average molecular weight is 409 g/mol. The number of para-hydroxylation sites is 1. The molecule has 0 fully saturated rings. The van der Waals surface area contributed by atoms with Crippen LogP contribution in [0.1, 0.15) is 43.2 Å². The Morgan fingerprint density at radius 1 is 1.03 bits per heavy atom. The Kier molecular flexibility index (Phi) is 6.35. The van der Waals surface area contributed by atoms with Crippen LogP contribution in [-0.4, -0.2) is 28.0 Å². The van der Waals surface area contributed by atoms with E-state index < -0.39 is 12.6 Å². The predicted molar refractivity (Wildman–Crippen MR) is 111 cm³/mol. The number of hydrogen-bond donors (Lipinski definition) is 1. The molecule has 3 aromatic rings. The van der Waals surface area contributed by atoms with Gasteiger partial charge in [0, 0.05) is 23.5 Å². The topological polar surface area (TPSA) is 68.5 Å². The molecule has 0 aliphatic rings. The number of aryl methyl sites for hydroxylation is 3. The zero-order valence-corrected chi connectivity index (χ0v) is 17.2. The van der Waals surface area contributed by atoms with Gasteiger partial charge < -0.3 is 14.4 Å². The van der Waals surface area contributed by atoms with E-state index >= 15 is 0 Å². The molecule has 0 atom stereocenters. The largest absolute Gasteiger partial charge is 0.507 e. The summed E-state index contributed by atoms with van der Waals surface area (Å²) in [5, 5.41) is 9.99. The number of benzene rings is 2. The number of nitrogens with zero attached hydrogens (tertiary/aromatic N) is 1. The van der Waals surface area contributed by atoms with Crippen LogP contribution < -0.4 is 0 Å². The Morgan fingerprint density at radius 3 is 2.43 bits per heavy atom. The second-order valence-electron chi connectivity index (χ2n) is 7.28. The minimum Gasteiger partial charge on any atom is -0.507 e. The van der Waals surface area contributed by atoms with Crippen LogP contribution in [-0.2, 0) is 17.7 Å². The molecule has 156 valence electrons. The van der Waals surface area contributed by atoms with Crippen molar-refractivity contribution >= 4 is 11.8 Å². The van der Waals surface area contributed by atoms with Crippen molar-refractivity contribution in [3.05, 3.63) is 88.0 Å². The molecule has 0 amide bonds. The summed E-state index contributed by atoms with van der Waals surface area (Å²) in [6.45, 7) is 5.67. The Labute approximate surface area is 174 Å². The summed E-state index contributed by atoms with van der Waals surface area (Å²) in [6.07, 6.45) is 0.700. The maximum Gasteiger partial charge on any atom is 0.342 e. The number of phenols is 1. The summed E-state index contributed by atoms with van der Waals surface area (Å²) in [5.41, 5.74) is 3.79. The number of ketones is 1. The molecule has 5 nitrogen and oxygen atoms in total. The first-order valence-corrected chi connectivity index (χ1v) is 9.68. The molecule has 0 spiro atoms. The van der Waals surface area contributed by atoms with Crippen LogP contribution in [0.4, 0.5) is 4.39 Å². The van der Waals surface area contributed by atoms with Crippen LogP contribution in [0.25, 0.3) is 0 Å². The van der Waals surface area contributed by atoms with Crippen LogP contribution in [0.15, 0.2) is 48.5 Å². The Hall–Kier alpha value is -3.41. The Balaban J connectivity index is 1.66. The lowest BCUT2D eigenvalue weighted by Crippen LogP contribution is -2.15. The van der Waals surface area contributed by atoms with Crippen molar-refractivity contribution in [1.82, 2.24) is 4.57 Å². The molecule has 2 aromatic carbocycles. The normalized spacial score (nSPS) is 10.8. The van der Waals surface area contributed by atoms with Gasteiger partial charge in [0.05, 0.1) is 0 Å². The van der Waals surface area contributed by atoms with Crippen molar-refractivity contribution in [2.45, 2.75) is 33.7 Å². The third-order valence-corrected chi connectivity index (χ3v) is 5.20. The lowest BCUT2D eigenvalue weighted by Gasteiger charge is -2.10. The van der Waals surface area contributed by atoms with E-state index in [0.29, 0.717) is 24.1 Å². The number of carbonyl (C=O) groups excluding carboxylic acids is 2. The van der Waals surface area contributed by atoms with Gasteiger partial charge >= 0.3 is 5.97 Å². The highest BCUT2D eigenvalue weighted by Gasteiger charge is 2.19. The maximum atomic E-state index is 13.1. The van der Waals surface area contributed by atoms with Gasteiger partial charge in [-0.1, -0.05) is 24.3 Å². The van der Waals surface area contributed by atoms with E-state index in [4.69, 9.17) is 4.74 Å². The van der Waals surface area contributed by atoms with E-state index in [1.807, 2.05) is 18.4 Å². The van der Waals surface area contributed by atoms with Gasteiger partial charge in [-0.3, -0.25) is 4.79 Å². The number of halogens is 1. The van der Waals surface area contributed by atoms with Gasteiger partial charge in [-0.2, -0.15) is 0 Å². The van der Waals surface area contributed by atoms with Crippen molar-refractivity contribution in [2.24, 2.45) is 0 Å². The highest BCUT2D eigenvalue weighted by atomic mass is 19.1. The molecule has 3 rings (SSSR count). The van der Waals surface area contributed by atoms with Gasteiger partial charge in [-0.25, -0.2) is 9.18 Å². The standard InChI is InChI=1S/C24H24FNO4/c1-15-5-4-6-20(23(15)28)24(29)30-14-22(27)21-13-16(2)26(17(21)3)12-11-18-7-9-19(25)10-8-18/h4-10,13,28H,11-12,14H2,1-3H3. The summed E-state index contributed by atoms with van der Waals surface area (Å²) in [7, 11) is 0. The maximum absolute atomic E-state index is 13.1. The smallest absolute Gasteiger partial charge is 0.342 e. The quantitative estimate of drug-likeness (QED) is 0.460. The summed E-state index contributed by atoms with van der Waals surface area (Å²) in [6, 6.07) is 12.9. The van der Waals surface area contributed by atoms with Crippen LogP contribution in [0.2, 0.25) is 0 Å². The monoisotopic (exact) mass is 409 g/mol. The molecular weight excluding hydrogens is 385 g/mol. The van der Waals surface area contributed by atoms with Crippen molar-refractivity contribution in [3.8, 4) is 5.75 Å². The molecule has 0 aliphatic heterocycles. The van der Waals surface area contributed by atoms with Gasteiger partial charge in [-0.15, -0.1) is 0 Å². The van der Waals surface area contributed by atoms with Gasteiger partial charge in [0.15, 0.2) is 6.61 Å². The predicted octanol–water partition coefficient (Wildman–Crippen LogP) is 4.54. The Bertz CT molecular complexity index is 1080.